The van der Waals surface area contributed by atoms with E-state index >= 15 is 0 Å². The molecule has 0 N–H and O–H groups in total. The molecule has 0 amide bonds. The predicted molar refractivity (Wildman–Crippen MR) is 130 cm³/mol. The van der Waals surface area contributed by atoms with Crippen LogP contribution < -0.4 is 4.18 Å². The summed E-state index contributed by atoms with van der Waals surface area (Å²) in [5.41, 5.74) is -1.03. The number of alkyl halides is 3. The van der Waals surface area contributed by atoms with Crippen molar-refractivity contribution in [3.8, 4) is 5.75 Å². The molecule has 4 atom stereocenters. The van der Waals surface area contributed by atoms with Crippen LogP contribution in [-0.2, 0) is 26.4 Å². The summed E-state index contributed by atoms with van der Waals surface area (Å²) in [5.74, 6) is -0.367. The van der Waals surface area contributed by atoms with Gasteiger partial charge in [0.05, 0.1) is 4.47 Å². The molecule has 3 aliphatic rings. The van der Waals surface area contributed by atoms with Crippen LogP contribution in [0, 0.1) is 5.41 Å². The average molecular weight is 563 g/mol. The highest BCUT2D eigenvalue weighted by atomic mass is 79.9. The van der Waals surface area contributed by atoms with Gasteiger partial charge in [-0.2, -0.15) is 21.6 Å². The van der Waals surface area contributed by atoms with Crippen molar-refractivity contribution in [1.82, 2.24) is 0 Å². The zero-order valence-corrected chi connectivity index (χ0v) is 21.8. The van der Waals surface area contributed by atoms with Crippen LogP contribution >= 0.6 is 15.9 Å². The summed E-state index contributed by atoms with van der Waals surface area (Å²) >= 11 is 3.31. The van der Waals surface area contributed by atoms with Gasteiger partial charge in [-0.05, 0) is 61.4 Å². The summed E-state index contributed by atoms with van der Waals surface area (Å²) in [6.45, 7) is 8.84. The van der Waals surface area contributed by atoms with Gasteiger partial charge < -0.3 is 4.18 Å². The maximum Gasteiger partial charge on any atom is 0.534 e. The van der Waals surface area contributed by atoms with Gasteiger partial charge >= 0.3 is 15.6 Å². The van der Waals surface area contributed by atoms with Crippen molar-refractivity contribution < 1.29 is 25.8 Å². The highest BCUT2D eigenvalue weighted by Crippen LogP contribution is 2.82. The summed E-state index contributed by atoms with van der Waals surface area (Å²) in [7, 11) is -5.82. The van der Waals surface area contributed by atoms with Gasteiger partial charge in [0.2, 0.25) is 0 Å². The van der Waals surface area contributed by atoms with Gasteiger partial charge in [0.1, 0.15) is 0 Å². The van der Waals surface area contributed by atoms with Crippen molar-refractivity contribution in [2.24, 2.45) is 5.41 Å². The topological polar surface area (TPSA) is 43.4 Å². The smallest absolute Gasteiger partial charge is 0.375 e. The Labute approximate surface area is 210 Å². The molecule has 0 radical (unpaired) electrons. The Morgan fingerprint density at radius 3 is 1.49 bits per heavy atom. The van der Waals surface area contributed by atoms with E-state index in [1.54, 1.807) is 6.07 Å². The Morgan fingerprint density at radius 2 is 1.09 bits per heavy atom. The maximum absolute atomic E-state index is 13.1. The van der Waals surface area contributed by atoms with E-state index < -0.39 is 31.9 Å². The van der Waals surface area contributed by atoms with Gasteiger partial charge in [-0.15, -0.1) is 0 Å². The third-order valence-electron chi connectivity index (χ3n) is 9.64. The molecule has 0 heterocycles. The van der Waals surface area contributed by atoms with Crippen molar-refractivity contribution in [3.05, 3.63) is 98.5 Å². The number of halogens is 4. The molecule has 3 aromatic carbocycles. The first-order chi connectivity index (χ1) is 16.2. The monoisotopic (exact) mass is 562 g/mol. The zero-order valence-electron chi connectivity index (χ0n) is 19.4. The van der Waals surface area contributed by atoms with E-state index in [0.717, 1.165) is 16.7 Å². The number of hydrogen-bond acceptors (Lipinski definition) is 3. The second-order valence-electron chi connectivity index (χ2n) is 10.4. The van der Waals surface area contributed by atoms with E-state index in [4.69, 9.17) is 0 Å². The van der Waals surface area contributed by atoms with E-state index in [1.165, 1.54) is 22.8 Å². The van der Waals surface area contributed by atoms with E-state index in [-0.39, 0.29) is 15.6 Å². The van der Waals surface area contributed by atoms with Gasteiger partial charge in [-0.3, -0.25) is 0 Å². The van der Waals surface area contributed by atoms with E-state index in [9.17, 15) is 21.6 Å². The fourth-order valence-corrected chi connectivity index (χ4v) is 8.87. The van der Waals surface area contributed by atoms with E-state index in [0.29, 0.717) is 0 Å². The third-order valence-corrected chi connectivity index (χ3v) is 11.2. The normalized spacial score (nSPS) is 32.1. The molecule has 0 aliphatic heterocycles. The number of hydrogen-bond donors (Lipinski definition) is 0. The number of rotatable bonds is 2. The molecule has 0 saturated heterocycles. The standard InChI is InChI=1S/C27H22BrF3O3S/c1-23-15-9-5-7-11-17(15)24(2)19-13-21(28)22(34-35(32,33)27(29,30)31)14-20(19)25(3,26(23,24)4)18-12-8-6-10-16(18)23/h5-14H,1-4H3/t23-,24+,25-,26+/m1/s1. The molecule has 0 aromatic heterocycles. The van der Waals surface area contributed by atoms with Gasteiger partial charge in [0, 0.05) is 21.7 Å². The largest absolute Gasteiger partial charge is 0.534 e. The lowest BCUT2D eigenvalue weighted by molar-refractivity contribution is -0.0500. The van der Waals surface area contributed by atoms with Crippen LogP contribution in [-0.4, -0.2) is 13.9 Å². The second-order valence-corrected chi connectivity index (χ2v) is 12.8. The lowest BCUT2D eigenvalue weighted by atomic mass is 9.52. The summed E-state index contributed by atoms with van der Waals surface area (Å²) in [5, 5.41) is 0. The highest BCUT2D eigenvalue weighted by molar-refractivity contribution is 9.10. The van der Waals surface area contributed by atoms with Crippen LogP contribution in [0.3, 0.4) is 0 Å². The minimum atomic E-state index is -5.82. The van der Waals surface area contributed by atoms with Gasteiger partial charge in [0.25, 0.3) is 0 Å². The Kier molecular flexibility index (Phi) is 4.17. The molecule has 0 spiro atoms. The third kappa shape index (κ3) is 2.20. The Morgan fingerprint density at radius 1 is 0.714 bits per heavy atom. The molecule has 0 saturated carbocycles. The van der Waals surface area contributed by atoms with Crippen molar-refractivity contribution in [2.75, 3.05) is 0 Å². The molecule has 6 rings (SSSR count). The summed E-state index contributed by atoms with van der Waals surface area (Å²) in [6.07, 6.45) is 0. The van der Waals surface area contributed by atoms with Crippen molar-refractivity contribution >= 4 is 26.0 Å². The Hall–Kier alpha value is -2.32. The van der Waals surface area contributed by atoms with E-state index in [2.05, 4.69) is 72.1 Å². The molecule has 0 unspecified atom stereocenters. The molecular formula is C27H22BrF3O3S. The van der Waals surface area contributed by atoms with Crippen molar-refractivity contribution in [2.45, 2.75) is 49.4 Å². The minimum Gasteiger partial charge on any atom is -0.375 e. The van der Waals surface area contributed by atoms with Crippen LogP contribution in [0.15, 0.2) is 65.1 Å². The average Bonchev–Trinajstić information content (AvgIpc) is 3.15. The van der Waals surface area contributed by atoms with Crippen LogP contribution in [0.1, 0.15) is 61.1 Å². The van der Waals surface area contributed by atoms with Crippen LogP contribution in [0.25, 0.3) is 0 Å². The fourth-order valence-electron chi connectivity index (χ4n) is 7.87. The molecule has 8 heteroatoms. The quantitative estimate of drug-likeness (QED) is 0.251. The molecule has 3 aromatic rings. The second kappa shape index (κ2) is 6.32. The molecule has 0 bridgehead atoms. The molecule has 0 fully saturated rings. The lowest BCUT2D eigenvalue weighted by Gasteiger charge is -2.49. The maximum atomic E-state index is 13.1. The predicted octanol–water partition coefficient (Wildman–Crippen LogP) is 6.94. The minimum absolute atomic E-state index is 0.164. The molecule has 3 aliphatic carbocycles. The number of fused-ring (bicyclic) bond motifs is 9. The molecular weight excluding hydrogens is 541 g/mol. The van der Waals surface area contributed by atoms with Crippen LogP contribution in [0.5, 0.6) is 5.75 Å². The van der Waals surface area contributed by atoms with Crippen LogP contribution in [0.4, 0.5) is 13.2 Å². The lowest BCUT2D eigenvalue weighted by Crippen LogP contribution is -2.51. The van der Waals surface area contributed by atoms with Crippen LogP contribution in [0.2, 0.25) is 0 Å². The zero-order chi connectivity index (χ0) is 25.4. The van der Waals surface area contributed by atoms with Gasteiger partial charge in [0.15, 0.2) is 5.75 Å². The Bertz CT molecular complexity index is 1570. The SMILES string of the molecule is C[C@@]12c3ccccc3[C@@]3(C)c4cc(Br)c(OS(=O)(=O)C(F)(F)F)cc4[C@@](C)(c4ccccc41)[C@@]23C. The molecule has 3 nitrogen and oxygen atoms in total. The van der Waals surface area contributed by atoms with E-state index in [1.807, 2.05) is 24.3 Å². The summed E-state index contributed by atoms with van der Waals surface area (Å²) in [6, 6.07) is 19.8. The molecule has 35 heavy (non-hydrogen) atoms. The first-order valence-electron chi connectivity index (χ1n) is 11.2. The summed E-state index contributed by atoms with van der Waals surface area (Å²) < 4.78 is 68.0. The van der Waals surface area contributed by atoms with Crippen molar-refractivity contribution in [1.29, 1.82) is 0 Å². The summed E-state index contributed by atoms with van der Waals surface area (Å²) in [4.78, 5) is 0. The fraction of sp³-hybridized carbons (Fsp3) is 0.333. The van der Waals surface area contributed by atoms with Gasteiger partial charge in [-0.1, -0.05) is 76.2 Å². The van der Waals surface area contributed by atoms with Gasteiger partial charge in [-0.25, -0.2) is 0 Å². The first kappa shape index (κ1) is 23.1. The Balaban J connectivity index is 1.73. The van der Waals surface area contributed by atoms with Crippen molar-refractivity contribution in [3.63, 3.8) is 0 Å². The molecule has 182 valence electrons. The first-order valence-corrected chi connectivity index (χ1v) is 13.4. The number of benzene rings is 3. The highest BCUT2D eigenvalue weighted by Gasteiger charge is 2.79.